The number of carbonyl (C=O) groups is 2. The lowest BCUT2D eigenvalue weighted by atomic mass is 9.83. The van der Waals surface area contributed by atoms with Crippen molar-refractivity contribution in [1.29, 1.82) is 0 Å². The number of hydrogen-bond acceptors (Lipinski definition) is 5. The first kappa shape index (κ1) is 14.1. The minimum atomic E-state index is -0.874. The highest BCUT2D eigenvalue weighted by molar-refractivity contribution is 6.03. The predicted octanol–water partition coefficient (Wildman–Crippen LogP) is 0.950. The van der Waals surface area contributed by atoms with Gasteiger partial charge in [-0.05, 0) is 13.8 Å². The number of ether oxygens (including phenoxy) is 3. The van der Waals surface area contributed by atoms with E-state index in [1.165, 1.54) is 7.11 Å². The van der Waals surface area contributed by atoms with Gasteiger partial charge in [-0.3, -0.25) is 9.59 Å². The Kier molecular flexibility index (Phi) is 5.08. The molecule has 17 heavy (non-hydrogen) atoms. The molecule has 1 aliphatic heterocycles. The van der Waals surface area contributed by atoms with E-state index in [9.17, 15) is 9.59 Å². The highest BCUT2D eigenvalue weighted by Crippen LogP contribution is 2.29. The summed E-state index contributed by atoms with van der Waals surface area (Å²) in [6.45, 7) is 4.82. The third-order valence-corrected chi connectivity index (χ3v) is 3.12. The van der Waals surface area contributed by atoms with Crippen LogP contribution < -0.4 is 0 Å². The molecule has 1 fully saturated rings. The number of ketones is 1. The van der Waals surface area contributed by atoms with E-state index >= 15 is 0 Å². The smallest absolute Gasteiger partial charge is 0.316 e. The standard InChI is InChI=1S/C12H20O5/c1-4-17-12(5-7-16-8-6-12)10(13)9(2)11(14)15-3/h9H,4-8H2,1-3H3. The summed E-state index contributed by atoms with van der Waals surface area (Å²) in [5, 5.41) is 0. The third kappa shape index (κ3) is 3.04. The molecule has 1 unspecified atom stereocenters. The SMILES string of the molecule is CCOC1(C(=O)C(C)C(=O)OC)CCOCC1. The normalized spacial score (nSPS) is 20.6. The molecule has 0 saturated carbocycles. The first-order chi connectivity index (χ1) is 8.07. The summed E-state index contributed by atoms with van der Waals surface area (Å²) in [6, 6.07) is 0. The van der Waals surface area contributed by atoms with Gasteiger partial charge < -0.3 is 14.2 Å². The molecule has 5 nitrogen and oxygen atoms in total. The van der Waals surface area contributed by atoms with Crippen LogP contribution >= 0.6 is 0 Å². The van der Waals surface area contributed by atoms with E-state index in [0.717, 1.165) is 0 Å². The Balaban J connectivity index is 2.82. The topological polar surface area (TPSA) is 61.8 Å². The average Bonchev–Trinajstić information content (AvgIpc) is 2.37. The van der Waals surface area contributed by atoms with Gasteiger partial charge in [-0.15, -0.1) is 0 Å². The van der Waals surface area contributed by atoms with Crippen LogP contribution in [0.4, 0.5) is 0 Å². The molecule has 0 aromatic heterocycles. The molecule has 0 radical (unpaired) electrons. The van der Waals surface area contributed by atoms with Crippen molar-refractivity contribution in [3.8, 4) is 0 Å². The molecule has 1 aliphatic rings. The molecule has 1 rings (SSSR count). The van der Waals surface area contributed by atoms with Crippen molar-refractivity contribution in [2.45, 2.75) is 32.3 Å². The van der Waals surface area contributed by atoms with E-state index in [0.29, 0.717) is 32.7 Å². The maximum absolute atomic E-state index is 12.3. The van der Waals surface area contributed by atoms with E-state index in [1.54, 1.807) is 6.92 Å². The van der Waals surface area contributed by atoms with Crippen LogP contribution in [0.5, 0.6) is 0 Å². The molecule has 0 aromatic rings. The van der Waals surface area contributed by atoms with Crippen molar-refractivity contribution in [3.63, 3.8) is 0 Å². The fourth-order valence-electron chi connectivity index (χ4n) is 2.12. The van der Waals surface area contributed by atoms with Crippen LogP contribution in [0, 0.1) is 5.92 Å². The molecule has 0 aliphatic carbocycles. The summed E-state index contributed by atoms with van der Waals surface area (Å²) in [7, 11) is 1.28. The molecule has 0 amide bonds. The first-order valence-corrected chi connectivity index (χ1v) is 5.91. The van der Waals surface area contributed by atoms with Gasteiger partial charge in [-0.1, -0.05) is 0 Å². The summed E-state index contributed by atoms with van der Waals surface area (Å²) in [5.41, 5.74) is -0.874. The van der Waals surface area contributed by atoms with Gasteiger partial charge in [0, 0.05) is 32.7 Å². The predicted molar refractivity (Wildman–Crippen MR) is 60.6 cm³/mol. The highest BCUT2D eigenvalue weighted by atomic mass is 16.5. The van der Waals surface area contributed by atoms with Crippen LogP contribution in [-0.4, -0.2) is 44.3 Å². The lowest BCUT2D eigenvalue weighted by Crippen LogP contribution is -2.50. The fraction of sp³-hybridized carbons (Fsp3) is 0.833. The number of carbonyl (C=O) groups excluding carboxylic acids is 2. The third-order valence-electron chi connectivity index (χ3n) is 3.12. The summed E-state index contributed by atoms with van der Waals surface area (Å²) in [5.74, 6) is -1.50. The molecule has 0 N–H and O–H groups in total. The molecule has 1 heterocycles. The Bertz CT molecular complexity index is 275. The molecule has 0 aromatic carbocycles. The number of methoxy groups -OCH3 is 1. The number of rotatable bonds is 5. The molecular formula is C12H20O5. The Morgan fingerprint density at radius 1 is 1.35 bits per heavy atom. The zero-order valence-corrected chi connectivity index (χ0v) is 10.7. The van der Waals surface area contributed by atoms with Crippen LogP contribution in [0.15, 0.2) is 0 Å². The summed E-state index contributed by atoms with van der Waals surface area (Å²) >= 11 is 0. The second kappa shape index (κ2) is 6.12. The number of Topliss-reactive ketones (excluding diaryl/α,β-unsaturated/α-hetero) is 1. The average molecular weight is 244 g/mol. The quantitative estimate of drug-likeness (QED) is 0.532. The Hall–Kier alpha value is -0.940. The monoisotopic (exact) mass is 244 g/mol. The molecule has 98 valence electrons. The Labute approximate surface area is 101 Å². The molecular weight excluding hydrogens is 224 g/mol. The molecule has 0 bridgehead atoms. The van der Waals surface area contributed by atoms with E-state index < -0.39 is 17.5 Å². The van der Waals surface area contributed by atoms with Crippen molar-refractivity contribution >= 4 is 11.8 Å². The zero-order valence-electron chi connectivity index (χ0n) is 10.7. The number of esters is 1. The highest BCUT2D eigenvalue weighted by Gasteiger charge is 2.44. The van der Waals surface area contributed by atoms with Gasteiger partial charge in [-0.25, -0.2) is 0 Å². The van der Waals surface area contributed by atoms with Crippen molar-refractivity contribution in [3.05, 3.63) is 0 Å². The van der Waals surface area contributed by atoms with Crippen molar-refractivity contribution < 1.29 is 23.8 Å². The van der Waals surface area contributed by atoms with Gasteiger partial charge in [0.1, 0.15) is 11.5 Å². The minimum absolute atomic E-state index is 0.200. The lowest BCUT2D eigenvalue weighted by molar-refractivity contribution is -0.167. The maximum atomic E-state index is 12.3. The fourth-order valence-corrected chi connectivity index (χ4v) is 2.12. The zero-order chi connectivity index (χ0) is 12.9. The van der Waals surface area contributed by atoms with E-state index in [1.807, 2.05) is 6.92 Å². The Morgan fingerprint density at radius 2 is 1.94 bits per heavy atom. The van der Waals surface area contributed by atoms with Crippen LogP contribution in [0.25, 0.3) is 0 Å². The summed E-state index contributed by atoms with van der Waals surface area (Å²) in [6.07, 6.45) is 1.00. The van der Waals surface area contributed by atoms with Crippen molar-refractivity contribution in [2.75, 3.05) is 26.9 Å². The van der Waals surface area contributed by atoms with Crippen molar-refractivity contribution in [1.82, 2.24) is 0 Å². The van der Waals surface area contributed by atoms with Gasteiger partial charge in [0.15, 0.2) is 5.78 Å². The first-order valence-electron chi connectivity index (χ1n) is 5.91. The van der Waals surface area contributed by atoms with Gasteiger partial charge in [0.25, 0.3) is 0 Å². The number of hydrogen-bond donors (Lipinski definition) is 0. The van der Waals surface area contributed by atoms with E-state index in [4.69, 9.17) is 9.47 Å². The van der Waals surface area contributed by atoms with Crippen LogP contribution in [0.3, 0.4) is 0 Å². The lowest BCUT2D eigenvalue weighted by Gasteiger charge is -2.36. The molecule has 0 spiro atoms. The summed E-state index contributed by atoms with van der Waals surface area (Å²) in [4.78, 5) is 23.7. The van der Waals surface area contributed by atoms with Crippen molar-refractivity contribution in [2.24, 2.45) is 5.92 Å². The van der Waals surface area contributed by atoms with Gasteiger partial charge >= 0.3 is 5.97 Å². The van der Waals surface area contributed by atoms with E-state index in [-0.39, 0.29) is 5.78 Å². The second-order valence-electron chi connectivity index (χ2n) is 4.15. The van der Waals surface area contributed by atoms with Gasteiger partial charge in [0.2, 0.25) is 0 Å². The van der Waals surface area contributed by atoms with Crippen LogP contribution in [-0.2, 0) is 23.8 Å². The second-order valence-corrected chi connectivity index (χ2v) is 4.15. The largest absolute Gasteiger partial charge is 0.468 e. The van der Waals surface area contributed by atoms with Crippen LogP contribution in [0.1, 0.15) is 26.7 Å². The van der Waals surface area contributed by atoms with Gasteiger partial charge in [-0.2, -0.15) is 0 Å². The molecule has 5 heteroatoms. The molecule has 1 saturated heterocycles. The molecule has 1 atom stereocenters. The Morgan fingerprint density at radius 3 is 2.41 bits per heavy atom. The van der Waals surface area contributed by atoms with E-state index in [2.05, 4.69) is 4.74 Å². The summed E-state index contributed by atoms with van der Waals surface area (Å²) < 4.78 is 15.5. The maximum Gasteiger partial charge on any atom is 0.316 e. The van der Waals surface area contributed by atoms with Crippen LogP contribution in [0.2, 0.25) is 0 Å². The minimum Gasteiger partial charge on any atom is -0.468 e. The van der Waals surface area contributed by atoms with Gasteiger partial charge in [0.05, 0.1) is 7.11 Å².